The van der Waals surface area contributed by atoms with Gasteiger partial charge in [0, 0.05) is 43.5 Å². The molecule has 0 spiro atoms. The Balaban J connectivity index is 1.35. The van der Waals surface area contributed by atoms with Gasteiger partial charge in [0.05, 0.1) is 19.2 Å². The first-order valence-corrected chi connectivity index (χ1v) is 13.3. The molecular formula is C28H29F5N6O. The van der Waals surface area contributed by atoms with Crippen molar-refractivity contribution >= 4 is 23.1 Å². The van der Waals surface area contributed by atoms with Crippen LogP contribution in [0.15, 0.2) is 54.7 Å². The van der Waals surface area contributed by atoms with Gasteiger partial charge in [0.1, 0.15) is 5.56 Å². The van der Waals surface area contributed by atoms with Gasteiger partial charge in [-0.15, -0.1) is 0 Å². The number of rotatable bonds is 6. The summed E-state index contributed by atoms with van der Waals surface area (Å²) in [6.45, 7) is 1.68. The van der Waals surface area contributed by atoms with Crippen LogP contribution in [0.2, 0.25) is 0 Å². The molecule has 0 bridgehead atoms. The lowest BCUT2D eigenvalue weighted by Crippen LogP contribution is -2.26. The molecule has 0 unspecified atom stereocenters. The molecular weight excluding hydrogens is 531 g/mol. The normalized spacial score (nSPS) is 22.7. The fraction of sp³-hybridized carbons (Fsp3) is 0.429. The van der Waals surface area contributed by atoms with Gasteiger partial charge in [0.2, 0.25) is 5.95 Å². The number of halogens is 5. The van der Waals surface area contributed by atoms with E-state index in [0.29, 0.717) is 17.8 Å². The van der Waals surface area contributed by atoms with Crippen LogP contribution >= 0.6 is 0 Å². The molecule has 2 N–H and O–H groups in total. The molecule has 0 aliphatic carbocycles. The highest BCUT2D eigenvalue weighted by molar-refractivity contribution is 5.66. The summed E-state index contributed by atoms with van der Waals surface area (Å²) in [6, 6.07) is 14.2. The van der Waals surface area contributed by atoms with E-state index < -0.39 is 23.7 Å². The molecule has 3 aliphatic heterocycles. The average Bonchev–Trinajstić information content (AvgIpc) is 3.69. The summed E-state index contributed by atoms with van der Waals surface area (Å²) in [4.78, 5) is 15.6. The van der Waals surface area contributed by atoms with E-state index in [9.17, 15) is 22.0 Å². The molecule has 7 nitrogen and oxygen atoms in total. The monoisotopic (exact) mass is 560 g/mol. The van der Waals surface area contributed by atoms with Gasteiger partial charge in [0.15, 0.2) is 5.82 Å². The van der Waals surface area contributed by atoms with E-state index in [2.05, 4.69) is 20.6 Å². The predicted molar refractivity (Wildman–Crippen MR) is 141 cm³/mol. The highest BCUT2D eigenvalue weighted by Gasteiger charge is 2.41. The van der Waals surface area contributed by atoms with Gasteiger partial charge < -0.3 is 15.5 Å². The Labute approximate surface area is 228 Å². The van der Waals surface area contributed by atoms with E-state index in [-0.39, 0.29) is 43.8 Å². The number of nitrogens with one attached hydrogen (secondary N) is 2. The molecule has 1 aromatic heterocycles. The molecule has 12 heteroatoms. The molecule has 3 fully saturated rings. The van der Waals surface area contributed by atoms with Crippen LogP contribution in [0.3, 0.4) is 0 Å². The van der Waals surface area contributed by atoms with E-state index in [1.807, 2.05) is 42.5 Å². The number of hydroxylamine groups is 1. The lowest BCUT2D eigenvalue weighted by molar-refractivity contribution is -0.138. The van der Waals surface area contributed by atoms with Crippen LogP contribution < -0.4 is 20.6 Å². The van der Waals surface area contributed by atoms with Crippen LogP contribution in [0.25, 0.3) is 0 Å². The van der Waals surface area contributed by atoms with Gasteiger partial charge in [-0.1, -0.05) is 30.3 Å². The second-order valence-corrected chi connectivity index (χ2v) is 10.5. The highest BCUT2D eigenvalue weighted by Crippen LogP contribution is 2.42. The third kappa shape index (κ3) is 5.55. The first-order valence-electron chi connectivity index (χ1n) is 13.3. The third-order valence-electron chi connectivity index (χ3n) is 7.63. The smallest absolute Gasteiger partial charge is 0.365 e. The van der Waals surface area contributed by atoms with Crippen LogP contribution in [0, 0.1) is 0 Å². The van der Waals surface area contributed by atoms with Crippen LogP contribution in [0.4, 0.5) is 45.1 Å². The molecule has 6 rings (SSSR count). The standard InChI is InChI=1S/C28H29F5N6O/c29-27(30)8-10-38(17-27)22-13-20(19-6-9-34-15-19)12-21(14-22)36-26-35-16-23(28(31,32)33)25(37-26)39-24(7-11-40-39)18-4-2-1-3-5-18/h1-5,12-14,16,19,24,34H,6-11,15,17H2,(H,35,36,37)/t19-,24+/m1/s1. The zero-order chi connectivity index (χ0) is 27.9. The third-order valence-corrected chi connectivity index (χ3v) is 7.63. The van der Waals surface area contributed by atoms with Crippen LogP contribution in [0.5, 0.6) is 0 Å². The van der Waals surface area contributed by atoms with Crippen LogP contribution in [-0.2, 0) is 11.0 Å². The second kappa shape index (κ2) is 10.5. The number of anilines is 4. The molecule has 4 heterocycles. The highest BCUT2D eigenvalue weighted by atomic mass is 19.4. The maximum Gasteiger partial charge on any atom is 0.421 e. The fourth-order valence-corrected chi connectivity index (χ4v) is 5.61. The van der Waals surface area contributed by atoms with Crippen molar-refractivity contribution in [3.63, 3.8) is 0 Å². The van der Waals surface area contributed by atoms with Crippen molar-refractivity contribution in [1.82, 2.24) is 15.3 Å². The van der Waals surface area contributed by atoms with E-state index in [0.717, 1.165) is 36.8 Å². The van der Waals surface area contributed by atoms with E-state index in [1.54, 1.807) is 11.0 Å². The zero-order valence-electron chi connectivity index (χ0n) is 21.6. The number of alkyl halides is 5. The summed E-state index contributed by atoms with van der Waals surface area (Å²) in [5.74, 6) is -3.01. The van der Waals surface area contributed by atoms with Crippen molar-refractivity contribution in [2.45, 2.75) is 43.3 Å². The average molecular weight is 561 g/mol. The largest absolute Gasteiger partial charge is 0.421 e. The SMILES string of the molecule is FC1(F)CCN(c2cc(Nc3ncc(C(F)(F)F)c(N4OCC[C@H]4c4ccccc4)n3)cc([C@@H]3CCNC3)c2)C1. The Hall–Kier alpha value is -3.51. The van der Waals surface area contributed by atoms with Gasteiger partial charge >= 0.3 is 6.18 Å². The summed E-state index contributed by atoms with van der Waals surface area (Å²) < 4.78 is 70.2. The lowest BCUT2D eigenvalue weighted by Gasteiger charge is -2.26. The van der Waals surface area contributed by atoms with Crippen molar-refractivity contribution in [3.8, 4) is 0 Å². The lowest BCUT2D eigenvalue weighted by atomic mass is 9.97. The van der Waals surface area contributed by atoms with Gasteiger partial charge in [-0.3, -0.25) is 4.84 Å². The summed E-state index contributed by atoms with van der Waals surface area (Å²) in [6.07, 6.45) is -2.79. The maximum atomic E-state index is 14.0. The molecule has 0 saturated carbocycles. The van der Waals surface area contributed by atoms with Gasteiger partial charge in [0.25, 0.3) is 5.92 Å². The molecule has 2 aromatic carbocycles. The molecule has 2 atom stereocenters. The topological polar surface area (TPSA) is 65.5 Å². The quantitative estimate of drug-likeness (QED) is 0.356. The Bertz CT molecular complexity index is 1350. The van der Waals surface area contributed by atoms with Crippen molar-refractivity contribution < 1.29 is 26.8 Å². The Morgan fingerprint density at radius 3 is 2.58 bits per heavy atom. The minimum atomic E-state index is -4.70. The number of aromatic nitrogens is 2. The minimum Gasteiger partial charge on any atom is -0.365 e. The molecule has 212 valence electrons. The Kier molecular flexibility index (Phi) is 6.99. The molecule has 3 aromatic rings. The number of hydrogen-bond donors (Lipinski definition) is 2. The van der Waals surface area contributed by atoms with Crippen molar-refractivity contribution in [3.05, 3.63) is 71.4 Å². The summed E-state index contributed by atoms with van der Waals surface area (Å²) in [7, 11) is 0. The predicted octanol–water partition coefficient (Wildman–Crippen LogP) is 6.04. The van der Waals surface area contributed by atoms with E-state index in [1.165, 1.54) is 5.06 Å². The van der Waals surface area contributed by atoms with E-state index in [4.69, 9.17) is 4.84 Å². The summed E-state index contributed by atoms with van der Waals surface area (Å²) in [5, 5.41) is 7.57. The fourth-order valence-electron chi connectivity index (χ4n) is 5.61. The molecule has 0 radical (unpaired) electrons. The van der Waals surface area contributed by atoms with Crippen molar-refractivity contribution in [2.75, 3.05) is 48.1 Å². The number of benzene rings is 2. The van der Waals surface area contributed by atoms with Gasteiger partial charge in [-0.2, -0.15) is 18.2 Å². The molecule has 40 heavy (non-hydrogen) atoms. The number of nitrogens with zero attached hydrogens (tertiary/aromatic N) is 4. The minimum absolute atomic E-state index is 0.0512. The molecule has 0 amide bonds. The van der Waals surface area contributed by atoms with Crippen LogP contribution in [-0.4, -0.2) is 48.7 Å². The molecule has 3 aliphatic rings. The molecule has 3 saturated heterocycles. The summed E-state index contributed by atoms with van der Waals surface area (Å²) in [5.41, 5.74) is 1.91. The Morgan fingerprint density at radius 2 is 1.88 bits per heavy atom. The van der Waals surface area contributed by atoms with Gasteiger partial charge in [-0.25, -0.2) is 18.8 Å². The zero-order valence-corrected chi connectivity index (χ0v) is 21.6. The van der Waals surface area contributed by atoms with E-state index >= 15 is 0 Å². The second-order valence-electron chi connectivity index (χ2n) is 10.5. The first kappa shape index (κ1) is 26.7. The van der Waals surface area contributed by atoms with Crippen LogP contribution in [0.1, 0.15) is 47.9 Å². The number of hydrogen-bond acceptors (Lipinski definition) is 7. The summed E-state index contributed by atoms with van der Waals surface area (Å²) >= 11 is 0. The first-order chi connectivity index (χ1) is 19.2. The van der Waals surface area contributed by atoms with Crippen molar-refractivity contribution in [1.29, 1.82) is 0 Å². The Morgan fingerprint density at radius 1 is 1.05 bits per heavy atom. The van der Waals surface area contributed by atoms with Gasteiger partial charge in [-0.05, 0) is 48.2 Å². The van der Waals surface area contributed by atoms with Crippen molar-refractivity contribution in [2.24, 2.45) is 0 Å². The maximum absolute atomic E-state index is 14.0.